The molecule has 9 nitrogen and oxygen atoms in total. The minimum absolute atomic E-state index is 0.0222. The highest BCUT2D eigenvalue weighted by molar-refractivity contribution is 7.15. The van der Waals surface area contributed by atoms with Crippen LogP contribution in [0, 0.1) is 5.41 Å². The molecule has 3 rings (SSSR count). The van der Waals surface area contributed by atoms with Crippen molar-refractivity contribution in [2.24, 2.45) is 0 Å². The van der Waals surface area contributed by atoms with Gasteiger partial charge < -0.3 is 19.7 Å². The molecule has 2 N–H and O–H groups in total. The van der Waals surface area contributed by atoms with E-state index in [1.54, 1.807) is 14.0 Å². The first-order chi connectivity index (χ1) is 15.4. The zero-order valence-electron chi connectivity index (χ0n) is 18.6. The van der Waals surface area contributed by atoms with Gasteiger partial charge in [0.1, 0.15) is 17.7 Å². The van der Waals surface area contributed by atoms with Crippen molar-refractivity contribution in [1.29, 1.82) is 5.41 Å². The van der Waals surface area contributed by atoms with Crippen LogP contribution in [-0.2, 0) is 9.47 Å². The van der Waals surface area contributed by atoms with E-state index in [2.05, 4.69) is 15.2 Å². The number of nitrogens with one attached hydrogen (secondary N) is 2. The second-order valence-electron chi connectivity index (χ2n) is 7.60. The molecule has 10 heteroatoms. The van der Waals surface area contributed by atoms with Crippen molar-refractivity contribution in [3.63, 3.8) is 0 Å². The minimum atomic E-state index is -1.05. The number of aromatic nitrogens is 2. The molecule has 1 unspecified atom stereocenters. The Hall–Kier alpha value is -3.01. The smallest absolute Gasteiger partial charge is 0.431 e. The molecule has 0 aromatic carbocycles. The molecule has 0 radical (unpaired) electrons. The number of pyridine rings is 1. The fourth-order valence-corrected chi connectivity index (χ4v) is 4.08. The Kier molecular flexibility index (Phi) is 8.15. The van der Waals surface area contributed by atoms with Crippen molar-refractivity contribution in [3.8, 4) is 0 Å². The SMILES string of the molecule is CCC(C)OC(=O)OC(=O)c1ncc(C(=N)c2ccc(N3CCCCCC3)nc2NC)s1. The zero-order valence-corrected chi connectivity index (χ0v) is 19.5. The van der Waals surface area contributed by atoms with Crippen molar-refractivity contribution in [2.75, 3.05) is 30.4 Å². The lowest BCUT2D eigenvalue weighted by atomic mass is 10.1. The lowest BCUT2D eigenvalue weighted by Crippen LogP contribution is -2.25. The summed E-state index contributed by atoms with van der Waals surface area (Å²) in [6.07, 6.45) is 5.42. The molecule has 32 heavy (non-hydrogen) atoms. The van der Waals surface area contributed by atoms with Crippen LogP contribution in [0.3, 0.4) is 0 Å². The number of carbonyl (C=O) groups is 2. The first-order valence-corrected chi connectivity index (χ1v) is 11.7. The monoisotopic (exact) mass is 459 g/mol. The molecule has 0 spiro atoms. The number of thiazole rings is 1. The highest BCUT2D eigenvalue weighted by Gasteiger charge is 2.22. The van der Waals surface area contributed by atoms with Gasteiger partial charge in [-0.1, -0.05) is 19.8 Å². The summed E-state index contributed by atoms with van der Waals surface area (Å²) in [5, 5.41) is 11.7. The second-order valence-corrected chi connectivity index (χ2v) is 8.63. The van der Waals surface area contributed by atoms with Crippen molar-refractivity contribution in [3.05, 3.63) is 33.8 Å². The number of rotatable bonds is 7. The van der Waals surface area contributed by atoms with Crippen LogP contribution in [0.25, 0.3) is 0 Å². The number of nitrogens with zero attached hydrogens (tertiary/aromatic N) is 3. The largest absolute Gasteiger partial charge is 0.516 e. The summed E-state index contributed by atoms with van der Waals surface area (Å²) in [5.74, 6) is 0.582. The molecule has 2 aromatic heterocycles. The van der Waals surface area contributed by atoms with Crippen LogP contribution in [-0.4, -0.2) is 54.0 Å². The maximum Gasteiger partial charge on any atom is 0.516 e. The van der Waals surface area contributed by atoms with Gasteiger partial charge in [-0.3, -0.25) is 5.41 Å². The number of hydrogen-bond acceptors (Lipinski definition) is 10. The third-order valence-corrected chi connectivity index (χ3v) is 6.29. The molecule has 1 saturated heterocycles. The summed E-state index contributed by atoms with van der Waals surface area (Å²) >= 11 is 0.981. The van der Waals surface area contributed by atoms with Gasteiger partial charge in [-0.05, 0) is 38.3 Å². The van der Waals surface area contributed by atoms with E-state index in [1.165, 1.54) is 19.0 Å². The highest BCUT2D eigenvalue weighted by atomic mass is 32.1. The predicted octanol–water partition coefficient (Wildman–Crippen LogP) is 4.47. The molecular weight excluding hydrogens is 430 g/mol. The third-order valence-electron chi connectivity index (χ3n) is 5.29. The molecule has 1 aliphatic rings. The summed E-state index contributed by atoms with van der Waals surface area (Å²) in [6, 6.07) is 3.79. The molecule has 2 aromatic rings. The van der Waals surface area contributed by atoms with E-state index in [4.69, 9.17) is 19.9 Å². The Morgan fingerprint density at radius 3 is 2.62 bits per heavy atom. The van der Waals surface area contributed by atoms with E-state index >= 15 is 0 Å². The molecule has 0 aliphatic carbocycles. The molecule has 1 aliphatic heterocycles. The van der Waals surface area contributed by atoms with Gasteiger partial charge in [0.25, 0.3) is 0 Å². The predicted molar refractivity (Wildman–Crippen MR) is 124 cm³/mol. The Balaban J connectivity index is 1.72. The normalized spacial score (nSPS) is 14.9. The van der Waals surface area contributed by atoms with Crippen LogP contribution in [0.15, 0.2) is 18.3 Å². The quantitative estimate of drug-likeness (QED) is 0.354. The molecule has 172 valence electrons. The highest BCUT2D eigenvalue weighted by Crippen LogP contribution is 2.26. The average molecular weight is 460 g/mol. The van der Waals surface area contributed by atoms with Crippen LogP contribution in [0.1, 0.15) is 66.2 Å². The van der Waals surface area contributed by atoms with Gasteiger partial charge in [-0.2, -0.15) is 0 Å². The summed E-state index contributed by atoms with van der Waals surface area (Å²) < 4.78 is 9.64. The Morgan fingerprint density at radius 2 is 1.97 bits per heavy atom. The molecular formula is C22H29N5O4S. The van der Waals surface area contributed by atoms with Crippen molar-refractivity contribution in [2.45, 2.75) is 52.1 Å². The van der Waals surface area contributed by atoms with Crippen molar-refractivity contribution >= 4 is 40.8 Å². The maximum absolute atomic E-state index is 12.2. The van der Waals surface area contributed by atoms with E-state index in [0.29, 0.717) is 22.7 Å². The fourth-order valence-electron chi connectivity index (χ4n) is 3.32. The van der Waals surface area contributed by atoms with Gasteiger partial charge in [0.05, 0.1) is 10.6 Å². The molecule has 1 atom stereocenters. The summed E-state index contributed by atoms with van der Waals surface area (Å²) in [4.78, 5) is 35.4. The average Bonchev–Trinajstić information content (AvgIpc) is 3.14. The van der Waals surface area contributed by atoms with Gasteiger partial charge in [-0.25, -0.2) is 19.6 Å². The molecule has 0 saturated carbocycles. The van der Waals surface area contributed by atoms with Crippen LogP contribution >= 0.6 is 11.3 Å². The Bertz CT molecular complexity index is 969. The van der Waals surface area contributed by atoms with E-state index in [1.807, 2.05) is 19.1 Å². The van der Waals surface area contributed by atoms with Crippen LogP contribution in [0.4, 0.5) is 16.4 Å². The Labute approximate surface area is 191 Å². The molecule has 3 heterocycles. The van der Waals surface area contributed by atoms with Crippen molar-refractivity contribution < 1.29 is 19.1 Å². The maximum atomic E-state index is 12.2. The van der Waals surface area contributed by atoms with Gasteiger partial charge >= 0.3 is 12.1 Å². The van der Waals surface area contributed by atoms with Gasteiger partial charge in [0.2, 0.25) is 5.01 Å². The zero-order chi connectivity index (χ0) is 23.1. The van der Waals surface area contributed by atoms with Crippen LogP contribution < -0.4 is 10.2 Å². The topological polar surface area (TPSA) is 118 Å². The number of hydrogen-bond donors (Lipinski definition) is 2. The molecule has 0 amide bonds. The number of carbonyl (C=O) groups excluding carboxylic acids is 2. The second kappa shape index (κ2) is 11.0. The first-order valence-electron chi connectivity index (χ1n) is 10.8. The van der Waals surface area contributed by atoms with Gasteiger partial charge in [0, 0.05) is 31.9 Å². The standard InChI is InChI=1S/C22H29N5O4S/c1-4-14(2)30-22(29)31-21(28)20-25-13-16(32-20)18(23)15-9-10-17(26-19(15)24-3)27-11-7-5-6-8-12-27/h9-10,13-14,23H,4-8,11-12H2,1-3H3,(H,24,26). The van der Waals surface area contributed by atoms with E-state index < -0.39 is 12.1 Å². The summed E-state index contributed by atoms with van der Waals surface area (Å²) in [6.45, 7) is 5.52. The summed E-state index contributed by atoms with van der Waals surface area (Å²) in [5.41, 5.74) is 0.786. The third kappa shape index (κ3) is 5.82. The number of anilines is 2. The van der Waals surface area contributed by atoms with Gasteiger partial charge in [0.15, 0.2) is 0 Å². The van der Waals surface area contributed by atoms with Crippen LogP contribution in [0.2, 0.25) is 0 Å². The Morgan fingerprint density at radius 1 is 1.25 bits per heavy atom. The number of esters is 1. The number of ether oxygens (including phenoxy) is 2. The van der Waals surface area contributed by atoms with E-state index in [0.717, 1.165) is 43.1 Å². The van der Waals surface area contributed by atoms with E-state index in [9.17, 15) is 9.59 Å². The fraction of sp³-hybridized carbons (Fsp3) is 0.500. The summed E-state index contributed by atoms with van der Waals surface area (Å²) in [7, 11) is 1.77. The molecule has 0 bridgehead atoms. The first kappa shape index (κ1) is 23.6. The lowest BCUT2D eigenvalue weighted by molar-refractivity contribution is 0.0245. The molecule has 1 fully saturated rings. The lowest BCUT2D eigenvalue weighted by Gasteiger charge is -2.22. The van der Waals surface area contributed by atoms with Crippen LogP contribution in [0.5, 0.6) is 0 Å². The van der Waals surface area contributed by atoms with Crippen molar-refractivity contribution in [1.82, 2.24) is 9.97 Å². The van der Waals surface area contributed by atoms with Gasteiger partial charge in [-0.15, -0.1) is 11.3 Å². The van der Waals surface area contributed by atoms with E-state index in [-0.39, 0.29) is 16.8 Å². The minimum Gasteiger partial charge on any atom is -0.431 e.